The van der Waals surface area contributed by atoms with E-state index in [0.717, 1.165) is 9.99 Å². The summed E-state index contributed by atoms with van der Waals surface area (Å²) in [6, 6.07) is 1.80. The molecule has 2 nitrogen and oxygen atoms in total. The van der Waals surface area contributed by atoms with Crippen LogP contribution < -0.4 is 0 Å². The summed E-state index contributed by atoms with van der Waals surface area (Å²) < 4.78 is 6.27. The van der Waals surface area contributed by atoms with Gasteiger partial charge in [-0.3, -0.25) is 0 Å². The SMILES string of the molecule is CC(C)c1nc2cc(Br)c(Cl)c(Cl)c2o1. The Kier molecular flexibility index (Phi) is 2.97. The van der Waals surface area contributed by atoms with Crippen molar-refractivity contribution < 1.29 is 4.42 Å². The highest BCUT2D eigenvalue weighted by atomic mass is 79.9. The first kappa shape index (κ1) is 11.2. The minimum Gasteiger partial charge on any atom is -0.439 e. The zero-order valence-electron chi connectivity index (χ0n) is 8.14. The van der Waals surface area contributed by atoms with E-state index >= 15 is 0 Å². The molecular weight excluding hydrogens is 301 g/mol. The second-order valence-electron chi connectivity index (χ2n) is 3.54. The predicted octanol–water partition coefficient (Wildman–Crippen LogP) is 5.02. The van der Waals surface area contributed by atoms with E-state index in [1.807, 2.05) is 13.8 Å². The van der Waals surface area contributed by atoms with Crippen molar-refractivity contribution in [3.8, 4) is 0 Å². The lowest BCUT2D eigenvalue weighted by Gasteiger charge is -1.98. The molecule has 5 heteroatoms. The molecule has 0 atom stereocenters. The molecule has 2 aromatic rings. The van der Waals surface area contributed by atoms with Gasteiger partial charge in [-0.25, -0.2) is 4.98 Å². The third kappa shape index (κ3) is 1.88. The Labute approximate surface area is 106 Å². The summed E-state index contributed by atoms with van der Waals surface area (Å²) in [6.45, 7) is 4.02. The molecule has 15 heavy (non-hydrogen) atoms. The van der Waals surface area contributed by atoms with Crippen molar-refractivity contribution in [2.45, 2.75) is 19.8 Å². The van der Waals surface area contributed by atoms with Crippen molar-refractivity contribution >= 4 is 50.2 Å². The van der Waals surface area contributed by atoms with Gasteiger partial charge in [0.15, 0.2) is 11.5 Å². The number of aromatic nitrogens is 1. The van der Waals surface area contributed by atoms with Gasteiger partial charge in [0, 0.05) is 10.4 Å². The van der Waals surface area contributed by atoms with E-state index in [9.17, 15) is 0 Å². The van der Waals surface area contributed by atoms with Gasteiger partial charge >= 0.3 is 0 Å². The minimum absolute atomic E-state index is 0.228. The number of hydrogen-bond donors (Lipinski definition) is 0. The fourth-order valence-corrected chi connectivity index (χ4v) is 2.15. The van der Waals surface area contributed by atoms with Crippen LogP contribution in [0.5, 0.6) is 0 Å². The highest BCUT2D eigenvalue weighted by molar-refractivity contribution is 9.10. The third-order valence-electron chi connectivity index (χ3n) is 2.03. The summed E-state index contributed by atoms with van der Waals surface area (Å²) in [7, 11) is 0. The number of nitrogens with zero attached hydrogens (tertiary/aromatic N) is 1. The second kappa shape index (κ2) is 3.96. The third-order valence-corrected chi connectivity index (χ3v) is 3.73. The van der Waals surface area contributed by atoms with Gasteiger partial charge in [-0.15, -0.1) is 0 Å². The molecule has 0 aliphatic carbocycles. The average molecular weight is 309 g/mol. The van der Waals surface area contributed by atoms with E-state index in [2.05, 4.69) is 20.9 Å². The highest BCUT2D eigenvalue weighted by Gasteiger charge is 2.16. The molecule has 1 heterocycles. The molecule has 0 spiro atoms. The molecule has 0 saturated carbocycles. The molecule has 0 aliphatic heterocycles. The van der Waals surface area contributed by atoms with E-state index < -0.39 is 0 Å². The molecular formula is C10H8BrCl2NO. The first-order valence-electron chi connectivity index (χ1n) is 4.44. The molecule has 80 valence electrons. The van der Waals surface area contributed by atoms with Gasteiger partial charge in [0.05, 0.1) is 5.02 Å². The number of halogens is 3. The lowest BCUT2D eigenvalue weighted by atomic mass is 10.2. The van der Waals surface area contributed by atoms with Gasteiger partial charge in [-0.1, -0.05) is 37.0 Å². The Balaban J connectivity index is 2.76. The second-order valence-corrected chi connectivity index (χ2v) is 5.15. The van der Waals surface area contributed by atoms with Gasteiger partial charge in [0.1, 0.15) is 10.5 Å². The van der Waals surface area contributed by atoms with Crippen molar-refractivity contribution in [2.24, 2.45) is 0 Å². The molecule has 0 N–H and O–H groups in total. The summed E-state index contributed by atoms with van der Waals surface area (Å²) in [4.78, 5) is 4.34. The van der Waals surface area contributed by atoms with Crippen molar-refractivity contribution in [3.63, 3.8) is 0 Å². The van der Waals surface area contributed by atoms with Crippen molar-refractivity contribution in [1.82, 2.24) is 4.98 Å². The number of oxazole rings is 1. The maximum Gasteiger partial charge on any atom is 0.198 e. The van der Waals surface area contributed by atoms with Gasteiger partial charge in [0.25, 0.3) is 0 Å². The van der Waals surface area contributed by atoms with Crippen molar-refractivity contribution in [2.75, 3.05) is 0 Å². The minimum atomic E-state index is 0.228. The van der Waals surface area contributed by atoms with E-state index in [1.165, 1.54) is 0 Å². The standard InChI is InChI=1S/C10H8BrCl2NO/c1-4(2)10-14-6-3-5(11)7(12)8(13)9(6)15-10/h3-4H,1-2H3. The van der Waals surface area contributed by atoms with Crippen molar-refractivity contribution in [1.29, 1.82) is 0 Å². The highest BCUT2D eigenvalue weighted by Crippen LogP contribution is 2.37. The number of hydrogen-bond acceptors (Lipinski definition) is 2. The van der Waals surface area contributed by atoms with Crippen LogP contribution in [0.15, 0.2) is 15.0 Å². The van der Waals surface area contributed by atoms with Crippen LogP contribution in [0.3, 0.4) is 0 Å². The van der Waals surface area contributed by atoms with Crippen LogP contribution in [-0.2, 0) is 0 Å². The number of fused-ring (bicyclic) bond motifs is 1. The van der Waals surface area contributed by atoms with E-state index in [1.54, 1.807) is 6.07 Å². The van der Waals surface area contributed by atoms with Gasteiger partial charge < -0.3 is 4.42 Å². The normalized spacial score (nSPS) is 11.6. The lowest BCUT2D eigenvalue weighted by molar-refractivity contribution is 0.501. The van der Waals surface area contributed by atoms with Crippen molar-refractivity contribution in [3.05, 3.63) is 26.5 Å². The number of benzene rings is 1. The predicted molar refractivity (Wildman–Crippen MR) is 65.8 cm³/mol. The van der Waals surface area contributed by atoms with E-state index in [-0.39, 0.29) is 5.92 Å². The van der Waals surface area contributed by atoms with E-state index in [0.29, 0.717) is 21.5 Å². The molecule has 0 radical (unpaired) electrons. The summed E-state index contributed by atoms with van der Waals surface area (Å²) >= 11 is 15.3. The molecule has 0 unspecified atom stereocenters. The van der Waals surface area contributed by atoms with Crippen LogP contribution in [-0.4, -0.2) is 4.98 Å². The lowest BCUT2D eigenvalue weighted by Crippen LogP contribution is -1.84. The zero-order chi connectivity index (χ0) is 11.2. The fourth-order valence-electron chi connectivity index (χ4n) is 1.24. The maximum atomic E-state index is 6.05. The van der Waals surface area contributed by atoms with Crippen LogP contribution in [0.25, 0.3) is 11.1 Å². The Morgan fingerprint density at radius 3 is 2.60 bits per heavy atom. The van der Waals surface area contributed by atoms with Gasteiger partial charge in [-0.05, 0) is 22.0 Å². The van der Waals surface area contributed by atoms with Crippen LogP contribution >= 0.6 is 39.1 Å². The number of rotatable bonds is 1. The molecule has 0 saturated heterocycles. The Hall–Kier alpha value is -0.250. The molecule has 1 aromatic carbocycles. The Morgan fingerprint density at radius 1 is 1.33 bits per heavy atom. The molecule has 1 aromatic heterocycles. The van der Waals surface area contributed by atoms with Crippen LogP contribution in [0.2, 0.25) is 10.0 Å². The fraction of sp³-hybridized carbons (Fsp3) is 0.300. The van der Waals surface area contributed by atoms with Crippen LogP contribution in [0, 0.1) is 0 Å². The van der Waals surface area contributed by atoms with E-state index in [4.69, 9.17) is 27.6 Å². The summed E-state index contributed by atoms with van der Waals surface area (Å²) in [5, 5.41) is 0.857. The summed E-state index contributed by atoms with van der Waals surface area (Å²) in [5.41, 5.74) is 1.27. The quantitative estimate of drug-likeness (QED) is 0.691. The average Bonchev–Trinajstić information content (AvgIpc) is 2.58. The molecule has 0 aliphatic rings. The van der Waals surface area contributed by atoms with Gasteiger partial charge in [0.2, 0.25) is 0 Å². The Bertz CT molecular complexity index is 522. The summed E-state index contributed by atoms with van der Waals surface area (Å²) in [5.74, 6) is 0.895. The smallest absolute Gasteiger partial charge is 0.198 e. The monoisotopic (exact) mass is 307 g/mol. The topological polar surface area (TPSA) is 26.0 Å². The zero-order valence-corrected chi connectivity index (χ0v) is 11.2. The Morgan fingerprint density at radius 2 is 2.00 bits per heavy atom. The molecule has 0 bridgehead atoms. The molecule has 0 fully saturated rings. The van der Waals surface area contributed by atoms with Crippen LogP contribution in [0.1, 0.15) is 25.7 Å². The summed E-state index contributed by atoms with van der Waals surface area (Å²) in [6.07, 6.45) is 0. The largest absolute Gasteiger partial charge is 0.439 e. The maximum absolute atomic E-state index is 6.05. The molecule has 0 amide bonds. The van der Waals surface area contributed by atoms with Crippen LogP contribution in [0.4, 0.5) is 0 Å². The first-order valence-corrected chi connectivity index (χ1v) is 5.99. The molecule has 2 rings (SSSR count). The first-order chi connectivity index (χ1) is 7.00. The van der Waals surface area contributed by atoms with Gasteiger partial charge in [-0.2, -0.15) is 0 Å².